The molecule has 1 saturated heterocycles. The molecule has 3 aromatic rings. The van der Waals surface area contributed by atoms with Crippen molar-refractivity contribution in [3.8, 4) is 0 Å². The van der Waals surface area contributed by atoms with E-state index < -0.39 is 24.0 Å². The van der Waals surface area contributed by atoms with Crippen LogP contribution in [0.15, 0.2) is 60.7 Å². The first-order valence-corrected chi connectivity index (χ1v) is 12.9. The lowest BCUT2D eigenvalue weighted by Gasteiger charge is -2.28. The van der Waals surface area contributed by atoms with Gasteiger partial charge in [0.25, 0.3) is 11.8 Å². The third-order valence-corrected chi connectivity index (χ3v) is 7.61. The number of carbonyl (C=O) groups excluding carboxylic acids is 2. The summed E-state index contributed by atoms with van der Waals surface area (Å²) in [5.74, 6) is -1.46. The fraction of sp³-hybridized carbons (Fsp3) is 0.308. The lowest BCUT2D eigenvalue weighted by molar-refractivity contribution is -0.153. The van der Waals surface area contributed by atoms with Crippen LogP contribution in [0.1, 0.15) is 39.8 Å². The van der Waals surface area contributed by atoms with E-state index in [0.717, 1.165) is 40.1 Å². The van der Waals surface area contributed by atoms with Gasteiger partial charge in [0, 0.05) is 32.8 Å². The average Bonchev–Trinajstić information content (AvgIpc) is 3.52. The molecule has 0 radical (unpaired) electrons. The molecule has 1 aliphatic rings. The molecule has 184 valence electrons. The summed E-state index contributed by atoms with van der Waals surface area (Å²) in [5, 5.41) is 24.7. The van der Waals surface area contributed by atoms with Gasteiger partial charge in [-0.3, -0.25) is 9.59 Å². The first-order valence-electron chi connectivity index (χ1n) is 11.3. The lowest BCUT2D eigenvalue weighted by Crippen LogP contribution is -2.50. The van der Waals surface area contributed by atoms with Gasteiger partial charge in [0.2, 0.25) is 0 Å². The van der Waals surface area contributed by atoms with E-state index in [1.54, 1.807) is 23.5 Å². The topological polar surface area (TPSA) is 89.9 Å². The standard InChI is InChI=1S/C26H26Cl2N2O4S/c27-18-8-6-16(7-9-18)13-20-10-11-21(35-20)15-29-25(33)23(31)24(32)26(34)30-12-2-5-22(30)17-3-1-4-19(28)14-17/h1,3-4,6-11,14,22-24,31-32H,2,5,12-13,15H2,(H,29,33)/t22-,23?,24-/m1/s1. The van der Waals surface area contributed by atoms with Crippen molar-refractivity contribution in [1.29, 1.82) is 0 Å². The fourth-order valence-electron chi connectivity index (χ4n) is 4.23. The summed E-state index contributed by atoms with van der Waals surface area (Å²) in [4.78, 5) is 28.9. The summed E-state index contributed by atoms with van der Waals surface area (Å²) < 4.78 is 0. The van der Waals surface area contributed by atoms with E-state index >= 15 is 0 Å². The van der Waals surface area contributed by atoms with Crippen molar-refractivity contribution in [2.45, 2.75) is 44.1 Å². The summed E-state index contributed by atoms with van der Waals surface area (Å²) in [7, 11) is 0. The molecule has 2 heterocycles. The van der Waals surface area contributed by atoms with Crippen LogP contribution in [0.3, 0.4) is 0 Å². The van der Waals surface area contributed by atoms with Gasteiger partial charge in [-0.2, -0.15) is 0 Å². The van der Waals surface area contributed by atoms with E-state index in [-0.39, 0.29) is 12.6 Å². The van der Waals surface area contributed by atoms with Crippen molar-refractivity contribution in [2.75, 3.05) is 6.54 Å². The Bertz CT molecular complexity index is 1180. The third-order valence-electron chi connectivity index (χ3n) is 6.04. The molecule has 4 rings (SSSR count). The van der Waals surface area contributed by atoms with Gasteiger partial charge in [0.1, 0.15) is 0 Å². The van der Waals surface area contributed by atoms with Crippen LogP contribution in [0.4, 0.5) is 0 Å². The Morgan fingerprint density at radius 2 is 1.74 bits per heavy atom. The highest BCUT2D eigenvalue weighted by Gasteiger charge is 2.38. The van der Waals surface area contributed by atoms with Gasteiger partial charge in [-0.25, -0.2) is 0 Å². The third kappa shape index (κ3) is 6.42. The van der Waals surface area contributed by atoms with Crippen LogP contribution in [-0.2, 0) is 22.6 Å². The van der Waals surface area contributed by atoms with Crippen LogP contribution in [0.2, 0.25) is 10.0 Å². The zero-order valence-electron chi connectivity index (χ0n) is 18.9. The van der Waals surface area contributed by atoms with Crippen LogP contribution in [-0.4, -0.2) is 45.7 Å². The molecule has 1 aromatic heterocycles. The molecule has 2 aromatic carbocycles. The molecule has 2 amide bonds. The molecule has 3 atom stereocenters. The minimum atomic E-state index is -1.86. The number of carbonyl (C=O) groups is 2. The smallest absolute Gasteiger partial charge is 0.255 e. The first kappa shape index (κ1) is 25.7. The number of rotatable bonds is 8. The fourth-order valence-corrected chi connectivity index (χ4v) is 5.55. The second-order valence-corrected chi connectivity index (χ2v) is 10.6. The molecule has 35 heavy (non-hydrogen) atoms. The van der Waals surface area contributed by atoms with Gasteiger partial charge in [-0.15, -0.1) is 11.3 Å². The summed E-state index contributed by atoms with van der Waals surface area (Å²) in [6.07, 6.45) is -1.49. The van der Waals surface area contributed by atoms with E-state index in [1.807, 2.05) is 48.5 Å². The van der Waals surface area contributed by atoms with E-state index in [2.05, 4.69) is 5.32 Å². The molecule has 0 bridgehead atoms. The number of thiophene rings is 1. The van der Waals surface area contributed by atoms with Gasteiger partial charge >= 0.3 is 0 Å². The van der Waals surface area contributed by atoms with Gasteiger partial charge < -0.3 is 20.4 Å². The predicted octanol–water partition coefficient (Wildman–Crippen LogP) is 4.35. The molecule has 6 nitrogen and oxygen atoms in total. The largest absolute Gasteiger partial charge is 0.380 e. The average molecular weight is 533 g/mol. The quantitative estimate of drug-likeness (QED) is 0.402. The van der Waals surface area contributed by atoms with Crippen molar-refractivity contribution >= 4 is 46.4 Å². The predicted molar refractivity (Wildman–Crippen MR) is 138 cm³/mol. The Morgan fingerprint density at radius 1 is 1.00 bits per heavy atom. The molecule has 3 N–H and O–H groups in total. The maximum absolute atomic E-state index is 12.9. The van der Waals surface area contributed by atoms with E-state index in [4.69, 9.17) is 23.2 Å². The summed E-state index contributed by atoms with van der Waals surface area (Å²) in [6, 6.07) is 18.5. The number of hydrogen-bond acceptors (Lipinski definition) is 5. The molecule has 1 unspecified atom stereocenters. The van der Waals surface area contributed by atoms with E-state index in [0.29, 0.717) is 16.6 Å². The number of amides is 2. The molecular formula is C26H26Cl2N2O4S. The Kier molecular flexibility index (Phi) is 8.46. The maximum Gasteiger partial charge on any atom is 0.255 e. The van der Waals surface area contributed by atoms with Crippen LogP contribution in [0.25, 0.3) is 0 Å². The Balaban J connectivity index is 1.31. The first-order chi connectivity index (χ1) is 16.8. The molecule has 1 aliphatic heterocycles. The van der Waals surface area contributed by atoms with Crippen molar-refractivity contribution in [2.24, 2.45) is 0 Å². The van der Waals surface area contributed by atoms with Crippen molar-refractivity contribution in [1.82, 2.24) is 10.2 Å². The zero-order valence-corrected chi connectivity index (χ0v) is 21.2. The highest BCUT2D eigenvalue weighted by Crippen LogP contribution is 2.33. The summed E-state index contributed by atoms with van der Waals surface area (Å²) >= 11 is 13.6. The number of likely N-dealkylation sites (tertiary alicyclic amines) is 1. The number of aliphatic hydroxyl groups excluding tert-OH is 2. The van der Waals surface area contributed by atoms with Gasteiger partial charge in [0.05, 0.1) is 12.6 Å². The van der Waals surface area contributed by atoms with Crippen LogP contribution in [0, 0.1) is 0 Å². The van der Waals surface area contributed by atoms with Gasteiger partial charge in [0.15, 0.2) is 12.2 Å². The highest BCUT2D eigenvalue weighted by molar-refractivity contribution is 7.12. The SMILES string of the molecule is O=C(NCc1ccc(Cc2ccc(Cl)cc2)s1)C(O)[C@@H](O)C(=O)N1CCC[C@@H]1c1cccc(Cl)c1. The number of hydrogen-bond donors (Lipinski definition) is 3. The lowest BCUT2D eigenvalue weighted by atomic mass is 10.0. The van der Waals surface area contributed by atoms with Gasteiger partial charge in [-0.1, -0.05) is 47.5 Å². The number of halogens is 2. The monoisotopic (exact) mass is 532 g/mol. The number of nitrogens with zero attached hydrogens (tertiary/aromatic N) is 1. The molecule has 0 aliphatic carbocycles. The Labute approximate surface area is 218 Å². The van der Waals surface area contributed by atoms with Crippen molar-refractivity contribution in [3.05, 3.63) is 91.6 Å². The van der Waals surface area contributed by atoms with Crippen LogP contribution in [0.5, 0.6) is 0 Å². The van der Waals surface area contributed by atoms with Crippen LogP contribution >= 0.6 is 34.5 Å². The minimum Gasteiger partial charge on any atom is -0.380 e. The number of benzene rings is 2. The zero-order chi connectivity index (χ0) is 24.9. The minimum absolute atomic E-state index is 0.191. The number of nitrogens with one attached hydrogen (secondary N) is 1. The molecular weight excluding hydrogens is 507 g/mol. The molecule has 0 spiro atoms. The Hall–Kier alpha value is -2.42. The molecule has 0 saturated carbocycles. The molecule has 1 fully saturated rings. The Morgan fingerprint density at radius 3 is 2.49 bits per heavy atom. The summed E-state index contributed by atoms with van der Waals surface area (Å²) in [6.45, 7) is 0.629. The van der Waals surface area contributed by atoms with Crippen LogP contribution < -0.4 is 5.32 Å². The van der Waals surface area contributed by atoms with E-state index in [9.17, 15) is 19.8 Å². The number of aliphatic hydroxyl groups is 2. The highest BCUT2D eigenvalue weighted by atomic mass is 35.5. The van der Waals surface area contributed by atoms with Gasteiger partial charge in [-0.05, 0) is 60.4 Å². The van der Waals surface area contributed by atoms with Crippen molar-refractivity contribution in [3.63, 3.8) is 0 Å². The van der Waals surface area contributed by atoms with Crippen molar-refractivity contribution < 1.29 is 19.8 Å². The molecule has 9 heteroatoms. The summed E-state index contributed by atoms with van der Waals surface area (Å²) in [5.41, 5.74) is 1.99. The maximum atomic E-state index is 12.9. The second kappa shape index (κ2) is 11.5. The normalized spacial score (nSPS) is 17.3. The second-order valence-electron chi connectivity index (χ2n) is 8.52. The van der Waals surface area contributed by atoms with E-state index in [1.165, 1.54) is 4.90 Å².